The summed E-state index contributed by atoms with van der Waals surface area (Å²) in [4.78, 5) is 21.8. The average molecular weight is 386 g/mol. The van der Waals surface area contributed by atoms with Crippen LogP contribution >= 0.6 is 0 Å². The second-order valence-corrected chi connectivity index (χ2v) is 5.35. The molecule has 0 saturated heterocycles. The van der Waals surface area contributed by atoms with Gasteiger partial charge in [-0.1, -0.05) is 43.0 Å². The van der Waals surface area contributed by atoms with Crippen LogP contribution in [-0.2, 0) is 9.53 Å². The zero-order valence-corrected chi connectivity index (χ0v) is 18.4. The van der Waals surface area contributed by atoms with Gasteiger partial charge in [-0.15, -0.1) is 6.07 Å². The topological polar surface area (TPSA) is 63.6 Å². The third-order valence-electron chi connectivity index (χ3n) is 3.76. The van der Waals surface area contributed by atoms with Gasteiger partial charge in [-0.3, -0.25) is 4.79 Å². The molecule has 0 bridgehead atoms. The molecule has 3 aromatic rings. The molecule has 0 aromatic heterocycles. The van der Waals surface area contributed by atoms with Crippen LogP contribution in [0.4, 0.5) is 0 Å². The van der Waals surface area contributed by atoms with Gasteiger partial charge < -0.3 is 28.5 Å². The molecule has 0 fully saturated rings. The molecule has 134 valence electrons. The van der Waals surface area contributed by atoms with Crippen LogP contribution in [0.25, 0.3) is 21.9 Å². The Morgan fingerprint density at radius 1 is 1.00 bits per heavy atom. The minimum atomic E-state index is -0.0252. The maximum atomic E-state index is 11.1. The molecule has 0 amide bonds. The molecular weight excluding hydrogens is 367 g/mol. The van der Waals surface area contributed by atoms with Gasteiger partial charge in [0.05, 0.1) is 11.8 Å². The van der Waals surface area contributed by atoms with Gasteiger partial charge in [0.25, 0.3) is 0 Å². The number of aldehydes is 1. The molecule has 4 nitrogen and oxygen atoms in total. The minimum Gasteiger partial charge on any atom is -0.507 e. The monoisotopic (exact) mass is 386 g/mol. The van der Waals surface area contributed by atoms with Crippen molar-refractivity contribution in [3.8, 4) is 16.9 Å². The van der Waals surface area contributed by atoms with Crippen molar-refractivity contribution < 1.29 is 70.8 Å². The van der Waals surface area contributed by atoms with Crippen molar-refractivity contribution in [3.63, 3.8) is 0 Å². The van der Waals surface area contributed by atoms with Gasteiger partial charge in [-0.25, -0.2) is 0 Å². The largest absolute Gasteiger partial charge is 1.00 e. The Bertz CT molecular complexity index is 904. The molecule has 0 spiro atoms. The molecule has 3 aromatic carbocycles. The first-order chi connectivity index (χ1) is 12.6. The molecule has 0 aliphatic carbocycles. The second kappa shape index (κ2) is 12.2. The van der Waals surface area contributed by atoms with E-state index in [1.54, 1.807) is 30.3 Å². The third-order valence-corrected chi connectivity index (χ3v) is 3.76. The van der Waals surface area contributed by atoms with Gasteiger partial charge in [0.15, 0.2) is 6.29 Å². The predicted octanol–water partition coefficient (Wildman–Crippen LogP) is 1.16. The zero-order chi connectivity index (χ0) is 18.9. The molecule has 5 heteroatoms. The number of carbonyl (C=O) groups excluding carboxylic acids is 2. The summed E-state index contributed by atoms with van der Waals surface area (Å²) in [5.74, 6) is -0.0252. The standard InChI is InChI=1S/C18H11O3.C4H8O.K/c19-10-12-2-1-3-13(8-12)14-4-6-16-15(9-14)5-7-18(21)17(16)11-20;1-3-5-4-2;/h1-9,11,21H;1-4H2;/q-1;-2;+1. The zero-order valence-electron chi connectivity index (χ0n) is 15.3. The fourth-order valence-electron chi connectivity index (χ4n) is 2.51. The van der Waals surface area contributed by atoms with Gasteiger partial charge in [0.1, 0.15) is 5.75 Å². The summed E-state index contributed by atoms with van der Waals surface area (Å²) in [6, 6.07) is 16.0. The number of benzene rings is 3. The first-order valence-electron chi connectivity index (χ1n) is 8.00. The molecular formula is C22H19KO4-2. The number of rotatable bonds is 5. The van der Waals surface area contributed by atoms with E-state index in [1.165, 1.54) is 6.07 Å². The van der Waals surface area contributed by atoms with Crippen molar-refractivity contribution in [2.45, 2.75) is 0 Å². The average Bonchev–Trinajstić information content (AvgIpc) is 2.69. The van der Waals surface area contributed by atoms with Crippen LogP contribution in [0.1, 0.15) is 15.9 Å². The number of aromatic hydroxyl groups is 1. The van der Waals surface area contributed by atoms with Crippen molar-refractivity contribution in [2.75, 3.05) is 13.2 Å². The van der Waals surface area contributed by atoms with E-state index in [0.717, 1.165) is 16.5 Å². The number of hydrogen-bond donors (Lipinski definition) is 1. The van der Waals surface area contributed by atoms with E-state index in [-0.39, 0.29) is 62.7 Å². The summed E-state index contributed by atoms with van der Waals surface area (Å²) in [6.45, 7) is 7.89. The van der Waals surface area contributed by atoms with Gasteiger partial charge in [0.2, 0.25) is 0 Å². The second-order valence-electron chi connectivity index (χ2n) is 5.35. The van der Waals surface area contributed by atoms with Gasteiger partial charge in [0, 0.05) is 0 Å². The normalized spacial score (nSPS) is 9.70. The molecule has 0 aliphatic rings. The van der Waals surface area contributed by atoms with Crippen LogP contribution in [0, 0.1) is 13.8 Å². The van der Waals surface area contributed by atoms with Crippen LogP contribution in [0.15, 0.2) is 54.6 Å². The Labute approximate surface area is 202 Å². The molecule has 0 saturated carbocycles. The van der Waals surface area contributed by atoms with Gasteiger partial charge in [-0.05, 0) is 28.5 Å². The quantitative estimate of drug-likeness (QED) is 0.406. The van der Waals surface area contributed by atoms with E-state index in [0.29, 0.717) is 30.4 Å². The number of phenols is 1. The summed E-state index contributed by atoms with van der Waals surface area (Å²) >= 11 is 0. The Morgan fingerprint density at radius 3 is 2.30 bits per heavy atom. The van der Waals surface area contributed by atoms with E-state index in [4.69, 9.17) is 0 Å². The number of fused-ring (bicyclic) bond motifs is 1. The van der Waals surface area contributed by atoms with Crippen molar-refractivity contribution in [1.82, 2.24) is 0 Å². The van der Waals surface area contributed by atoms with Crippen molar-refractivity contribution in [1.29, 1.82) is 0 Å². The van der Waals surface area contributed by atoms with Crippen molar-refractivity contribution in [3.05, 3.63) is 79.6 Å². The fourth-order valence-corrected chi connectivity index (χ4v) is 2.51. The van der Waals surface area contributed by atoms with E-state index >= 15 is 0 Å². The molecule has 0 unspecified atom stereocenters. The Balaban J connectivity index is 0.000000542. The van der Waals surface area contributed by atoms with E-state index in [9.17, 15) is 14.7 Å². The molecule has 0 aliphatic heterocycles. The summed E-state index contributed by atoms with van der Waals surface area (Å²) in [6.07, 6.45) is 2.52. The molecule has 27 heavy (non-hydrogen) atoms. The predicted molar refractivity (Wildman–Crippen MR) is 103 cm³/mol. The van der Waals surface area contributed by atoms with Crippen molar-refractivity contribution >= 4 is 23.3 Å². The molecule has 0 heterocycles. The van der Waals surface area contributed by atoms with Crippen LogP contribution in [-0.4, -0.2) is 30.9 Å². The molecule has 0 atom stereocenters. The summed E-state index contributed by atoms with van der Waals surface area (Å²) in [5, 5.41) is 11.2. The Kier molecular flexibility index (Phi) is 10.7. The molecule has 3 rings (SSSR count). The molecule has 0 radical (unpaired) electrons. The number of ether oxygens (including phenoxy) is 1. The number of carbonyl (C=O) groups is 1. The van der Waals surface area contributed by atoms with Gasteiger partial charge in [-0.2, -0.15) is 17.7 Å². The summed E-state index contributed by atoms with van der Waals surface area (Å²) in [7, 11) is 0. The summed E-state index contributed by atoms with van der Waals surface area (Å²) in [5.41, 5.74) is 2.61. The fraction of sp³-hybridized carbons (Fsp3) is 0.0909. The van der Waals surface area contributed by atoms with Crippen LogP contribution in [0.5, 0.6) is 5.75 Å². The van der Waals surface area contributed by atoms with Gasteiger partial charge >= 0.3 is 51.4 Å². The van der Waals surface area contributed by atoms with Crippen molar-refractivity contribution in [2.24, 2.45) is 0 Å². The smallest absolute Gasteiger partial charge is 0.507 e. The van der Waals surface area contributed by atoms with E-state index in [2.05, 4.69) is 18.6 Å². The Hall–Kier alpha value is -1.34. The van der Waals surface area contributed by atoms with Crippen LogP contribution in [0.2, 0.25) is 0 Å². The van der Waals surface area contributed by atoms with E-state index < -0.39 is 0 Å². The van der Waals surface area contributed by atoms with E-state index in [1.807, 2.05) is 24.5 Å². The number of hydrogen-bond acceptors (Lipinski definition) is 4. The van der Waals surface area contributed by atoms with Crippen LogP contribution < -0.4 is 51.4 Å². The molecule has 1 N–H and O–H groups in total. The first kappa shape index (κ1) is 23.7. The number of phenolic OH excluding ortho intramolecular Hbond substituents is 1. The summed E-state index contributed by atoms with van der Waals surface area (Å²) < 4.78 is 4.61. The maximum Gasteiger partial charge on any atom is 1.00 e. The third kappa shape index (κ3) is 6.35. The SMILES string of the molecule is O=[C-]c1cccc(-c2ccc3c(C=O)c(O)ccc3c2)c1.[CH2-]COC[CH2-].[K+]. The first-order valence-corrected chi connectivity index (χ1v) is 8.00. The maximum absolute atomic E-state index is 11.1. The minimum absolute atomic E-state index is 0. The van der Waals surface area contributed by atoms with Crippen LogP contribution in [0.3, 0.4) is 0 Å². The Morgan fingerprint density at radius 2 is 1.70 bits per heavy atom.